The van der Waals surface area contributed by atoms with Crippen LogP contribution in [0.5, 0.6) is 0 Å². The van der Waals surface area contributed by atoms with Crippen LogP contribution in [0.15, 0.2) is 24.5 Å². The maximum absolute atomic E-state index is 12.3. The maximum atomic E-state index is 12.3. The molecule has 0 atom stereocenters. The number of anilines is 1. The van der Waals surface area contributed by atoms with Gasteiger partial charge >= 0.3 is 10.2 Å². The van der Waals surface area contributed by atoms with E-state index in [1.165, 1.54) is 10.5 Å². The van der Waals surface area contributed by atoms with Crippen molar-refractivity contribution in [3.8, 4) is 0 Å². The van der Waals surface area contributed by atoms with Gasteiger partial charge in [-0.1, -0.05) is 13.8 Å². The van der Waals surface area contributed by atoms with Crippen LogP contribution in [0.2, 0.25) is 0 Å². The van der Waals surface area contributed by atoms with E-state index in [0.29, 0.717) is 30.7 Å². The molecule has 1 aromatic rings. The van der Waals surface area contributed by atoms with Crippen LogP contribution in [0.1, 0.15) is 26.7 Å². The molecule has 0 saturated carbocycles. The highest BCUT2D eigenvalue weighted by atomic mass is 32.2. The lowest BCUT2D eigenvalue weighted by molar-refractivity contribution is 0.265. The number of piperidine rings is 1. The van der Waals surface area contributed by atoms with Crippen LogP contribution in [0.4, 0.5) is 5.69 Å². The van der Waals surface area contributed by atoms with E-state index in [0.717, 1.165) is 19.4 Å². The van der Waals surface area contributed by atoms with Gasteiger partial charge in [0, 0.05) is 25.3 Å². The second-order valence-electron chi connectivity index (χ2n) is 5.75. The van der Waals surface area contributed by atoms with Crippen molar-refractivity contribution in [2.45, 2.75) is 32.7 Å². The molecule has 1 saturated heterocycles. The zero-order chi connectivity index (χ0) is 15.3. The van der Waals surface area contributed by atoms with Crippen molar-refractivity contribution in [2.24, 2.45) is 5.92 Å². The van der Waals surface area contributed by atoms with Gasteiger partial charge in [-0.05, 0) is 37.4 Å². The van der Waals surface area contributed by atoms with Crippen molar-refractivity contribution >= 4 is 15.9 Å². The molecule has 21 heavy (non-hydrogen) atoms. The zero-order valence-electron chi connectivity index (χ0n) is 12.6. The first-order valence-corrected chi connectivity index (χ1v) is 8.82. The summed E-state index contributed by atoms with van der Waals surface area (Å²) >= 11 is 0. The molecule has 2 rings (SSSR count). The molecule has 118 valence electrons. The largest absolute Gasteiger partial charge is 0.314 e. The van der Waals surface area contributed by atoms with Crippen molar-refractivity contribution in [3.05, 3.63) is 24.5 Å². The van der Waals surface area contributed by atoms with Gasteiger partial charge in [-0.2, -0.15) is 12.7 Å². The van der Waals surface area contributed by atoms with Crippen molar-refractivity contribution < 1.29 is 8.42 Å². The van der Waals surface area contributed by atoms with Crippen LogP contribution in [0.25, 0.3) is 0 Å². The molecule has 1 aromatic heterocycles. The van der Waals surface area contributed by atoms with Crippen molar-refractivity contribution in [3.63, 3.8) is 0 Å². The fourth-order valence-corrected chi connectivity index (χ4v) is 3.63. The average Bonchev–Trinajstić information content (AvgIpc) is 2.46. The standard InChI is InChI=1S/C14H24N4O2S/c1-12(2)16-10-13-5-8-18(9-6-13)21(19,20)17-14-4-3-7-15-11-14/h3-4,7,11-13,16-17H,5-6,8-10H2,1-2H3. The molecule has 1 aliphatic rings. The number of rotatable bonds is 6. The van der Waals surface area contributed by atoms with E-state index in [1.54, 1.807) is 18.3 Å². The molecule has 0 amide bonds. The first-order chi connectivity index (χ1) is 9.97. The molecule has 6 nitrogen and oxygen atoms in total. The number of nitrogens with zero attached hydrogens (tertiary/aromatic N) is 2. The van der Waals surface area contributed by atoms with Crippen molar-refractivity contribution in [2.75, 3.05) is 24.4 Å². The summed E-state index contributed by atoms with van der Waals surface area (Å²) in [5.74, 6) is 0.553. The van der Waals surface area contributed by atoms with Gasteiger partial charge in [0.05, 0.1) is 11.9 Å². The molecule has 7 heteroatoms. The molecule has 1 aliphatic heterocycles. The van der Waals surface area contributed by atoms with E-state index in [4.69, 9.17) is 0 Å². The molecular weight excluding hydrogens is 288 g/mol. The third kappa shape index (κ3) is 4.94. The number of hydrogen-bond donors (Lipinski definition) is 2. The monoisotopic (exact) mass is 312 g/mol. The van der Waals surface area contributed by atoms with Crippen LogP contribution in [0.3, 0.4) is 0 Å². The minimum absolute atomic E-state index is 0.471. The number of aromatic nitrogens is 1. The normalized spacial score (nSPS) is 18.0. The quantitative estimate of drug-likeness (QED) is 0.834. The van der Waals surface area contributed by atoms with Gasteiger partial charge in [-0.25, -0.2) is 0 Å². The third-order valence-corrected chi connectivity index (χ3v) is 5.18. The summed E-state index contributed by atoms with van der Waals surface area (Å²) in [5.41, 5.74) is 0.501. The Bertz CT molecular complexity index is 525. The first-order valence-electron chi connectivity index (χ1n) is 7.38. The number of pyridine rings is 1. The summed E-state index contributed by atoms with van der Waals surface area (Å²) in [5, 5.41) is 3.42. The van der Waals surface area contributed by atoms with Crippen LogP contribution >= 0.6 is 0 Å². The van der Waals surface area contributed by atoms with Gasteiger partial charge in [0.25, 0.3) is 0 Å². The summed E-state index contributed by atoms with van der Waals surface area (Å²) < 4.78 is 28.7. The Kier molecular flexibility index (Phi) is 5.55. The topological polar surface area (TPSA) is 74.3 Å². The highest BCUT2D eigenvalue weighted by Gasteiger charge is 2.27. The summed E-state index contributed by atoms with van der Waals surface area (Å²) in [6, 6.07) is 3.88. The Labute approximate surface area is 127 Å². The first kappa shape index (κ1) is 16.2. The highest BCUT2D eigenvalue weighted by molar-refractivity contribution is 7.90. The van der Waals surface area contributed by atoms with Gasteiger partial charge in [0.15, 0.2) is 0 Å². The lowest BCUT2D eigenvalue weighted by Crippen LogP contribution is -2.43. The Morgan fingerprint density at radius 1 is 1.38 bits per heavy atom. The minimum atomic E-state index is -3.47. The van der Waals surface area contributed by atoms with Gasteiger partial charge in [-0.15, -0.1) is 0 Å². The van der Waals surface area contributed by atoms with Crippen molar-refractivity contribution in [1.82, 2.24) is 14.6 Å². The van der Waals surface area contributed by atoms with Gasteiger partial charge in [0.1, 0.15) is 0 Å². The van der Waals surface area contributed by atoms with Crippen molar-refractivity contribution in [1.29, 1.82) is 0 Å². The van der Waals surface area contributed by atoms with Gasteiger partial charge in [-0.3, -0.25) is 9.71 Å². The fraction of sp³-hybridized carbons (Fsp3) is 0.643. The Morgan fingerprint density at radius 2 is 2.10 bits per heavy atom. The second kappa shape index (κ2) is 7.20. The number of hydrogen-bond acceptors (Lipinski definition) is 4. The molecule has 0 aliphatic carbocycles. The molecule has 2 heterocycles. The van der Waals surface area contributed by atoms with E-state index in [2.05, 4.69) is 28.9 Å². The summed E-state index contributed by atoms with van der Waals surface area (Å²) in [6.45, 7) is 6.34. The smallest absolute Gasteiger partial charge is 0.301 e. The van der Waals surface area contributed by atoms with E-state index < -0.39 is 10.2 Å². The highest BCUT2D eigenvalue weighted by Crippen LogP contribution is 2.20. The molecule has 1 fully saturated rings. The SMILES string of the molecule is CC(C)NCC1CCN(S(=O)(=O)Nc2cccnc2)CC1. The van der Waals surface area contributed by atoms with Crippen LogP contribution in [-0.2, 0) is 10.2 Å². The second-order valence-corrected chi connectivity index (χ2v) is 7.42. The molecule has 0 unspecified atom stereocenters. The number of nitrogens with one attached hydrogen (secondary N) is 2. The van der Waals surface area contributed by atoms with Crippen LogP contribution in [-0.4, -0.2) is 43.4 Å². The predicted octanol–water partition coefficient (Wildman–Crippen LogP) is 1.45. The van der Waals surface area contributed by atoms with E-state index >= 15 is 0 Å². The summed E-state index contributed by atoms with van der Waals surface area (Å²) in [6.07, 6.45) is 4.92. The lowest BCUT2D eigenvalue weighted by atomic mass is 9.98. The lowest BCUT2D eigenvalue weighted by Gasteiger charge is -2.31. The van der Waals surface area contributed by atoms with Crippen LogP contribution in [0, 0.1) is 5.92 Å². The Balaban J connectivity index is 1.86. The summed E-state index contributed by atoms with van der Waals surface area (Å²) in [4.78, 5) is 3.91. The zero-order valence-corrected chi connectivity index (χ0v) is 13.4. The third-order valence-electron chi connectivity index (χ3n) is 3.64. The molecule has 0 spiro atoms. The van der Waals surface area contributed by atoms with Crippen LogP contribution < -0.4 is 10.0 Å². The predicted molar refractivity (Wildman–Crippen MR) is 84.2 cm³/mol. The van der Waals surface area contributed by atoms with E-state index in [-0.39, 0.29) is 0 Å². The molecular formula is C14H24N4O2S. The molecule has 2 N–H and O–H groups in total. The van der Waals surface area contributed by atoms with Gasteiger partial charge < -0.3 is 5.32 Å². The maximum Gasteiger partial charge on any atom is 0.301 e. The molecule has 0 aromatic carbocycles. The Morgan fingerprint density at radius 3 is 2.67 bits per heavy atom. The molecule has 0 bridgehead atoms. The van der Waals surface area contributed by atoms with E-state index in [9.17, 15) is 8.42 Å². The summed E-state index contributed by atoms with van der Waals surface area (Å²) in [7, 11) is -3.47. The Hall–Kier alpha value is -1.18. The minimum Gasteiger partial charge on any atom is -0.314 e. The van der Waals surface area contributed by atoms with E-state index in [1.807, 2.05) is 0 Å². The van der Waals surface area contributed by atoms with Gasteiger partial charge in [0.2, 0.25) is 0 Å². The fourth-order valence-electron chi connectivity index (χ4n) is 2.39. The molecule has 0 radical (unpaired) electrons. The average molecular weight is 312 g/mol.